The summed E-state index contributed by atoms with van der Waals surface area (Å²) in [6.45, 7) is 6.72. The molecule has 0 fully saturated rings. The van der Waals surface area contributed by atoms with Gasteiger partial charge in [0, 0.05) is 5.41 Å². The van der Waals surface area contributed by atoms with E-state index in [0.717, 1.165) is 0 Å². The summed E-state index contributed by atoms with van der Waals surface area (Å²) in [6.07, 6.45) is 3.57. The van der Waals surface area contributed by atoms with Crippen LogP contribution in [0.4, 0.5) is 0 Å². The van der Waals surface area contributed by atoms with Crippen LogP contribution in [-0.4, -0.2) is 0 Å². The van der Waals surface area contributed by atoms with Crippen LogP contribution in [-0.2, 0) is 0 Å². The molecular weight excluding hydrogens is 84.1 g/mol. The van der Waals surface area contributed by atoms with Crippen LogP contribution in [0.25, 0.3) is 0 Å². The van der Waals surface area contributed by atoms with Crippen molar-refractivity contribution in [3.8, 4) is 0 Å². The molecule has 0 atom stereocenters. The lowest BCUT2D eigenvalue weighted by molar-refractivity contribution is 0.682. The quantitative estimate of drug-likeness (QED) is 0.439. The largest absolute Gasteiger partial charge is 0.0748 e. The summed E-state index contributed by atoms with van der Waals surface area (Å²) in [7, 11) is 0. The summed E-state index contributed by atoms with van der Waals surface area (Å²) in [5.41, 5.74) is 2.13. The van der Waals surface area contributed by atoms with E-state index in [9.17, 15) is 0 Å². The molecule has 0 heterocycles. The van der Waals surface area contributed by atoms with E-state index in [1.165, 1.54) is 6.42 Å². The van der Waals surface area contributed by atoms with E-state index in [4.69, 9.17) is 0 Å². The van der Waals surface area contributed by atoms with Crippen molar-refractivity contribution in [2.24, 2.45) is 5.41 Å². The second-order valence-corrected chi connectivity index (χ2v) is 2.74. The van der Waals surface area contributed by atoms with Crippen LogP contribution in [0.3, 0.4) is 0 Å². The predicted molar refractivity (Wildman–Crippen MR) is 32.2 cm³/mol. The van der Waals surface area contributed by atoms with E-state index in [1.54, 1.807) is 5.57 Å². The highest BCUT2D eigenvalue weighted by molar-refractivity contribution is 5.35. The highest BCUT2D eigenvalue weighted by Gasteiger charge is 2.31. The molecule has 0 unspecified atom stereocenters. The van der Waals surface area contributed by atoms with E-state index >= 15 is 0 Å². The third-order valence-electron chi connectivity index (χ3n) is 1.66. The van der Waals surface area contributed by atoms with Gasteiger partial charge in [-0.25, -0.2) is 0 Å². The Balaban J connectivity index is 2.40. The van der Waals surface area contributed by atoms with Gasteiger partial charge in [-0.05, 0) is 6.42 Å². The third-order valence-corrected chi connectivity index (χ3v) is 1.66. The van der Waals surface area contributed by atoms with Crippen LogP contribution in [0.2, 0.25) is 0 Å². The molecule has 0 aromatic carbocycles. The number of hydrogen-bond acceptors (Lipinski definition) is 0. The van der Waals surface area contributed by atoms with Crippen molar-refractivity contribution in [2.75, 3.05) is 0 Å². The van der Waals surface area contributed by atoms with Crippen molar-refractivity contribution in [2.45, 2.75) is 27.2 Å². The van der Waals surface area contributed by atoms with Crippen molar-refractivity contribution in [1.29, 1.82) is 0 Å². The zero-order valence-corrected chi connectivity index (χ0v) is 5.28. The van der Waals surface area contributed by atoms with Gasteiger partial charge in [-0.1, -0.05) is 32.4 Å². The van der Waals surface area contributed by atoms with Gasteiger partial charge in [-0.3, -0.25) is 0 Å². The molecule has 0 aromatic heterocycles. The van der Waals surface area contributed by atoms with E-state index < -0.39 is 0 Å². The Morgan fingerprint density at radius 3 is 2.00 bits per heavy atom. The Morgan fingerprint density at radius 1 is 1.57 bits per heavy atom. The third kappa shape index (κ3) is 0.696. The molecule has 1 rings (SSSR count). The summed E-state index contributed by atoms with van der Waals surface area (Å²) < 4.78 is 0. The lowest BCUT2D eigenvalue weighted by Gasteiger charge is -1.98. The zero-order valence-electron chi connectivity index (χ0n) is 5.28. The van der Waals surface area contributed by atoms with Gasteiger partial charge in [0.2, 0.25) is 0 Å². The molecule has 0 heteroatoms. The highest BCUT2D eigenvalue weighted by Crippen LogP contribution is 2.44. The maximum Gasteiger partial charge on any atom is 0.00374 e. The SMILES string of the molecule is CCC1=CC1(C)C. The van der Waals surface area contributed by atoms with Gasteiger partial charge in [0.05, 0.1) is 0 Å². The van der Waals surface area contributed by atoms with Gasteiger partial charge in [0.15, 0.2) is 0 Å². The molecule has 0 spiro atoms. The standard InChI is InChI=1S/C7H12/c1-4-6-5-7(6,2)3/h5H,4H2,1-3H3. The molecule has 0 aliphatic heterocycles. The molecule has 0 radical (unpaired) electrons. The predicted octanol–water partition coefficient (Wildman–Crippen LogP) is 2.36. The van der Waals surface area contributed by atoms with Gasteiger partial charge in [0.25, 0.3) is 0 Å². The lowest BCUT2D eigenvalue weighted by Crippen LogP contribution is -1.87. The fourth-order valence-corrected chi connectivity index (χ4v) is 0.957. The van der Waals surface area contributed by atoms with E-state index in [-0.39, 0.29) is 0 Å². The van der Waals surface area contributed by atoms with Gasteiger partial charge < -0.3 is 0 Å². The summed E-state index contributed by atoms with van der Waals surface area (Å²) in [5.74, 6) is 0. The van der Waals surface area contributed by atoms with Crippen LogP contribution in [0, 0.1) is 5.41 Å². The highest BCUT2D eigenvalue weighted by atomic mass is 14.4. The number of hydrogen-bond donors (Lipinski definition) is 0. The normalized spacial score (nSPS) is 24.1. The maximum absolute atomic E-state index is 2.33. The van der Waals surface area contributed by atoms with Crippen molar-refractivity contribution in [3.63, 3.8) is 0 Å². The van der Waals surface area contributed by atoms with E-state index in [0.29, 0.717) is 5.41 Å². The van der Waals surface area contributed by atoms with Gasteiger partial charge in [-0.15, -0.1) is 0 Å². The molecule has 0 amide bonds. The summed E-state index contributed by atoms with van der Waals surface area (Å²) in [5, 5.41) is 0. The number of rotatable bonds is 1. The average Bonchev–Trinajstić information content (AvgIpc) is 2.13. The van der Waals surface area contributed by atoms with Crippen LogP contribution in [0.1, 0.15) is 27.2 Å². The van der Waals surface area contributed by atoms with Crippen LogP contribution < -0.4 is 0 Å². The molecule has 1 aliphatic carbocycles. The van der Waals surface area contributed by atoms with Gasteiger partial charge >= 0.3 is 0 Å². The Hall–Kier alpha value is -0.260. The zero-order chi connectivity index (χ0) is 5.49. The Kier molecular flexibility index (Phi) is 0.781. The first-order chi connectivity index (χ1) is 3.17. The van der Waals surface area contributed by atoms with Crippen LogP contribution in [0.15, 0.2) is 11.6 Å². The average molecular weight is 96.2 g/mol. The van der Waals surface area contributed by atoms with Crippen molar-refractivity contribution in [1.82, 2.24) is 0 Å². The lowest BCUT2D eigenvalue weighted by atomic mass is 10.1. The van der Waals surface area contributed by atoms with Crippen molar-refractivity contribution >= 4 is 0 Å². The molecule has 0 saturated heterocycles. The van der Waals surface area contributed by atoms with Gasteiger partial charge in [0.1, 0.15) is 0 Å². The van der Waals surface area contributed by atoms with Crippen LogP contribution in [0.5, 0.6) is 0 Å². The van der Waals surface area contributed by atoms with Crippen molar-refractivity contribution in [3.05, 3.63) is 11.6 Å². The Labute approximate surface area is 45.2 Å². The molecule has 0 N–H and O–H groups in total. The topological polar surface area (TPSA) is 0 Å². The van der Waals surface area contributed by atoms with E-state index in [1.807, 2.05) is 0 Å². The minimum Gasteiger partial charge on any atom is -0.0748 e. The summed E-state index contributed by atoms with van der Waals surface area (Å²) in [6, 6.07) is 0. The molecule has 0 nitrogen and oxygen atoms in total. The minimum absolute atomic E-state index is 0.509. The fraction of sp³-hybridized carbons (Fsp3) is 0.714. The molecule has 1 aliphatic rings. The molecule has 0 saturated carbocycles. The second-order valence-electron chi connectivity index (χ2n) is 2.74. The minimum atomic E-state index is 0.509. The van der Waals surface area contributed by atoms with Crippen molar-refractivity contribution < 1.29 is 0 Å². The summed E-state index contributed by atoms with van der Waals surface area (Å²) >= 11 is 0. The Morgan fingerprint density at radius 2 is 2.00 bits per heavy atom. The maximum atomic E-state index is 2.33. The first-order valence-corrected chi connectivity index (χ1v) is 2.89. The fourth-order valence-electron chi connectivity index (χ4n) is 0.957. The molecule has 0 aromatic rings. The monoisotopic (exact) mass is 96.1 g/mol. The Bertz CT molecular complexity index is 107. The first kappa shape index (κ1) is 4.89. The first-order valence-electron chi connectivity index (χ1n) is 2.89. The second kappa shape index (κ2) is 1.12. The smallest absolute Gasteiger partial charge is 0.00374 e. The molecule has 7 heavy (non-hydrogen) atoms. The molecule has 0 bridgehead atoms. The van der Waals surface area contributed by atoms with Crippen LogP contribution >= 0.6 is 0 Å². The summed E-state index contributed by atoms with van der Waals surface area (Å²) in [4.78, 5) is 0. The molecule has 40 valence electrons. The molecular formula is C7H12. The number of allylic oxidation sites excluding steroid dienone is 2. The van der Waals surface area contributed by atoms with E-state index in [2.05, 4.69) is 26.8 Å². The van der Waals surface area contributed by atoms with Gasteiger partial charge in [-0.2, -0.15) is 0 Å².